The molecule has 5 nitrogen and oxygen atoms in total. The maximum atomic E-state index is 12.0. The highest BCUT2D eigenvalue weighted by Crippen LogP contribution is 2.16. The second-order valence-corrected chi connectivity index (χ2v) is 4.83. The van der Waals surface area contributed by atoms with Crippen molar-refractivity contribution in [3.05, 3.63) is 52.1 Å². The van der Waals surface area contributed by atoms with Gasteiger partial charge >= 0.3 is 0 Å². The summed E-state index contributed by atoms with van der Waals surface area (Å²) in [6, 6.07) is 6.97. The van der Waals surface area contributed by atoms with Crippen LogP contribution in [0, 0.1) is 19.1 Å². The van der Waals surface area contributed by atoms with Gasteiger partial charge in [0.15, 0.2) is 0 Å². The topological polar surface area (TPSA) is 57.6 Å². The molecule has 3 rings (SSSR count). The SMILES string of the molecule is Cc1cc(C)n(-c2c[n+]([O-])c3cc(Cl)ccc3n2)n1. The van der Waals surface area contributed by atoms with Crippen LogP contribution in [-0.4, -0.2) is 14.8 Å². The zero-order valence-corrected chi connectivity index (χ0v) is 11.2. The Kier molecular flexibility index (Phi) is 2.64. The zero-order valence-electron chi connectivity index (χ0n) is 10.5. The van der Waals surface area contributed by atoms with E-state index in [1.165, 1.54) is 6.20 Å². The fraction of sp³-hybridized carbons (Fsp3) is 0.154. The number of aromatic nitrogens is 4. The summed E-state index contributed by atoms with van der Waals surface area (Å²) in [5.41, 5.74) is 2.84. The molecule has 0 amide bonds. The van der Waals surface area contributed by atoms with Crippen LogP contribution in [0.2, 0.25) is 5.02 Å². The van der Waals surface area contributed by atoms with Crippen molar-refractivity contribution in [1.82, 2.24) is 14.8 Å². The van der Waals surface area contributed by atoms with E-state index in [0.717, 1.165) is 16.1 Å². The van der Waals surface area contributed by atoms with Gasteiger partial charge in [0.2, 0.25) is 17.5 Å². The van der Waals surface area contributed by atoms with E-state index in [2.05, 4.69) is 10.1 Å². The number of fused-ring (bicyclic) bond motifs is 1. The molecule has 2 aromatic heterocycles. The van der Waals surface area contributed by atoms with Gasteiger partial charge in [-0.3, -0.25) is 0 Å². The Hall–Kier alpha value is -2.14. The lowest BCUT2D eigenvalue weighted by Crippen LogP contribution is -2.28. The molecule has 0 N–H and O–H groups in total. The fourth-order valence-electron chi connectivity index (χ4n) is 2.06. The largest absolute Gasteiger partial charge is 0.618 e. The predicted octanol–water partition coefficient (Wildman–Crippen LogP) is 2.32. The molecule has 0 radical (unpaired) electrons. The molecule has 0 unspecified atom stereocenters. The lowest BCUT2D eigenvalue weighted by Gasteiger charge is -2.06. The molecule has 3 aromatic rings. The standard InChI is InChI=1S/C13H11ClN4O/c1-8-5-9(2)18(16-8)13-7-17(19)12-6-10(14)3-4-11(12)15-13/h3-7H,1-2H3. The zero-order chi connectivity index (χ0) is 13.6. The van der Waals surface area contributed by atoms with E-state index in [9.17, 15) is 5.21 Å². The summed E-state index contributed by atoms with van der Waals surface area (Å²) in [7, 11) is 0. The van der Waals surface area contributed by atoms with Crippen molar-refractivity contribution in [1.29, 1.82) is 0 Å². The Morgan fingerprint density at radius 3 is 2.74 bits per heavy atom. The molecule has 19 heavy (non-hydrogen) atoms. The van der Waals surface area contributed by atoms with Gasteiger partial charge in [-0.25, -0.2) is 9.67 Å². The van der Waals surface area contributed by atoms with E-state index in [1.54, 1.807) is 22.9 Å². The number of rotatable bonds is 1. The highest BCUT2D eigenvalue weighted by atomic mass is 35.5. The third-order valence-corrected chi connectivity index (χ3v) is 3.10. The number of benzene rings is 1. The number of aryl methyl sites for hydroxylation is 2. The van der Waals surface area contributed by atoms with Crippen molar-refractivity contribution < 1.29 is 4.73 Å². The lowest BCUT2D eigenvalue weighted by molar-refractivity contribution is -0.577. The van der Waals surface area contributed by atoms with Gasteiger partial charge < -0.3 is 5.21 Å². The first kappa shape index (κ1) is 11.9. The van der Waals surface area contributed by atoms with Crippen LogP contribution in [-0.2, 0) is 0 Å². The Balaban J connectivity index is 2.26. The minimum atomic E-state index is 0.442. The summed E-state index contributed by atoms with van der Waals surface area (Å²) in [6.45, 7) is 3.82. The van der Waals surface area contributed by atoms with Crippen molar-refractivity contribution in [2.24, 2.45) is 0 Å². The van der Waals surface area contributed by atoms with Crippen LogP contribution in [0.3, 0.4) is 0 Å². The van der Waals surface area contributed by atoms with Crippen LogP contribution < -0.4 is 4.73 Å². The molecule has 0 fully saturated rings. The molecule has 96 valence electrons. The van der Waals surface area contributed by atoms with Gasteiger partial charge in [0.05, 0.1) is 5.69 Å². The van der Waals surface area contributed by atoms with E-state index in [-0.39, 0.29) is 0 Å². The number of hydrogen-bond donors (Lipinski definition) is 0. The van der Waals surface area contributed by atoms with Crippen LogP contribution in [0.5, 0.6) is 0 Å². The quantitative estimate of drug-likeness (QED) is 0.505. The lowest BCUT2D eigenvalue weighted by atomic mass is 10.3. The molecule has 0 saturated heterocycles. The summed E-state index contributed by atoms with van der Waals surface area (Å²) < 4.78 is 2.41. The minimum Gasteiger partial charge on any atom is -0.618 e. The summed E-state index contributed by atoms with van der Waals surface area (Å²) in [4.78, 5) is 4.44. The molecule has 1 aromatic carbocycles. The Morgan fingerprint density at radius 1 is 1.26 bits per heavy atom. The molecule has 0 bridgehead atoms. The molecular formula is C13H11ClN4O. The van der Waals surface area contributed by atoms with Crippen molar-refractivity contribution in [2.75, 3.05) is 0 Å². The highest BCUT2D eigenvalue weighted by Gasteiger charge is 2.13. The van der Waals surface area contributed by atoms with Gasteiger partial charge in [-0.1, -0.05) is 11.6 Å². The molecule has 0 saturated carbocycles. The fourth-order valence-corrected chi connectivity index (χ4v) is 2.22. The summed E-state index contributed by atoms with van der Waals surface area (Å²) in [5, 5.41) is 16.9. The number of nitrogens with zero attached hydrogens (tertiary/aromatic N) is 4. The van der Waals surface area contributed by atoms with E-state index in [1.807, 2.05) is 19.9 Å². The van der Waals surface area contributed by atoms with Gasteiger partial charge in [0.1, 0.15) is 5.52 Å². The van der Waals surface area contributed by atoms with Crippen molar-refractivity contribution >= 4 is 22.6 Å². The monoisotopic (exact) mass is 274 g/mol. The molecule has 0 spiro atoms. The Bertz CT molecular complexity index is 782. The molecule has 2 heterocycles. The Morgan fingerprint density at radius 2 is 2.05 bits per heavy atom. The Labute approximate surface area is 114 Å². The molecule has 0 aliphatic heterocycles. The van der Waals surface area contributed by atoms with Crippen molar-refractivity contribution in [2.45, 2.75) is 13.8 Å². The molecular weight excluding hydrogens is 264 g/mol. The first-order chi connectivity index (χ1) is 9.04. The van der Waals surface area contributed by atoms with Gasteiger partial charge in [-0.05, 0) is 32.0 Å². The maximum absolute atomic E-state index is 12.0. The number of hydrogen-bond acceptors (Lipinski definition) is 3. The molecule has 0 aliphatic carbocycles. The van der Waals surface area contributed by atoms with E-state index < -0.39 is 0 Å². The smallest absolute Gasteiger partial charge is 0.244 e. The van der Waals surface area contributed by atoms with E-state index in [0.29, 0.717) is 21.9 Å². The summed E-state index contributed by atoms with van der Waals surface area (Å²) in [6.07, 6.45) is 1.40. The summed E-state index contributed by atoms with van der Waals surface area (Å²) >= 11 is 5.88. The third kappa shape index (κ3) is 2.02. The maximum Gasteiger partial charge on any atom is 0.244 e. The number of halogens is 1. The molecule has 0 atom stereocenters. The average molecular weight is 275 g/mol. The van der Waals surface area contributed by atoms with Gasteiger partial charge in [0, 0.05) is 16.8 Å². The van der Waals surface area contributed by atoms with Crippen LogP contribution in [0.4, 0.5) is 0 Å². The van der Waals surface area contributed by atoms with Crippen LogP contribution in [0.15, 0.2) is 30.5 Å². The van der Waals surface area contributed by atoms with E-state index in [4.69, 9.17) is 11.6 Å². The van der Waals surface area contributed by atoms with Crippen molar-refractivity contribution in [3.63, 3.8) is 0 Å². The molecule has 6 heteroatoms. The normalized spacial score (nSPS) is 11.1. The second kappa shape index (κ2) is 4.20. The van der Waals surface area contributed by atoms with Crippen LogP contribution in [0.1, 0.15) is 11.4 Å². The molecule has 0 aliphatic rings. The highest BCUT2D eigenvalue weighted by molar-refractivity contribution is 6.31. The summed E-state index contributed by atoms with van der Waals surface area (Å²) in [5.74, 6) is 0.496. The van der Waals surface area contributed by atoms with E-state index >= 15 is 0 Å². The van der Waals surface area contributed by atoms with Gasteiger partial charge in [-0.15, -0.1) is 0 Å². The first-order valence-electron chi connectivity index (χ1n) is 5.78. The van der Waals surface area contributed by atoms with Crippen LogP contribution in [0.25, 0.3) is 16.9 Å². The predicted molar refractivity (Wildman–Crippen MR) is 72.3 cm³/mol. The first-order valence-corrected chi connectivity index (χ1v) is 6.15. The second-order valence-electron chi connectivity index (χ2n) is 4.40. The van der Waals surface area contributed by atoms with Gasteiger partial charge in [0.25, 0.3) is 0 Å². The third-order valence-electron chi connectivity index (χ3n) is 2.87. The van der Waals surface area contributed by atoms with Crippen LogP contribution >= 0.6 is 11.6 Å². The average Bonchev–Trinajstić information content (AvgIpc) is 2.69. The van der Waals surface area contributed by atoms with Crippen molar-refractivity contribution in [3.8, 4) is 5.82 Å². The van der Waals surface area contributed by atoms with Gasteiger partial charge in [-0.2, -0.15) is 9.83 Å². The minimum absolute atomic E-state index is 0.442.